The number of aromatic nitrogens is 2. The number of pyridine rings is 2. The van der Waals surface area contributed by atoms with Crippen LogP contribution in [0.1, 0.15) is 28.8 Å². The highest BCUT2D eigenvalue weighted by Crippen LogP contribution is 2.23. The summed E-state index contributed by atoms with van der Waals surface area (Å²) in [7, 11) is 0. The zero-order chi connectivity index (χ0) is 17.8. The van der Waals surface area contributed by atoms with Gasteiger partial charge in [-0.3, -0.25) is 14.7 Å². The van der Waals surface area contributed by atoms with Gasteiger partial charge in [-0.2, -0.15) is 0 Å². The maximum absolute atomic E-state index is 13.1. The van der Waals surface area contributed by atoms with Crippen LogP contribution in [0.25, 0.3) is 0 Å². The fourth-order valence-corrected chi connectivity index (χ4v) is 3.77. The van der Waals surface area contributed by atoms with E-state index in [1.165, 1.54) is 18.4 Å². The highest BCUT2D eigenvalue weighted by atomic mass is 16.2. The molecular formula is C20H25N5O. The molecule has 2 fully saturated rings. The molecule has 4 rings (SSSR count). The van der Waals surface area contributed by atoms with Gasteiger partial charge in [-0.05, 0) is 36.6 Å². The topological polar surface area (TPSA) is 52.6 Å². The molecule has 0 spiro atoms. The van der Waals surface area contributed by atoms with E-state index in [0.29, 0.717) is 0 Å². The zero-order valence-electron chi connectivity index (χ0n) is 15.0. The Morgan fingerprint density at radius 3 is 2.46 bits per heavy atom. The van der Waals surface area contributed by atoms with Gasteiger partial charge in [0.2, 0.25) is 0 Å². The monoisotopic (exact) mass is 351 g/mol. The fraction of sp³-hybridized carbons (Fsp3) is 0.450. The van der Waals surface area contributed by atoms with Gasteiger partial charge in [-0.15, -0.1) is 0 Å². The molecule has 4 heterocycles. The second kappa shape index (κ2) is 7.83. The van der Waals surface area contributed by atoms with Crippen molar-refractivity contribution in [3.63, 3.8) is 0 Å². The molecule has 0 bridgehead atoms. The van der Waals surface area contributed by atoms with E-state index in [2.05, 4.69) is 25.8 Å². The Kier molecular flexibility index (Phi) is 5.11. The van der Waals surface area contributed by atoms with Crippen LogP contribution < -0.4 is 4.90 Å². The number of anilines is 1. The van der Waals surface area contributed by atoms with E-state index in [0.717, 1.165) is 57.2 Å². The van der Waals surface area contributed by atoms with Crippen LogP contribution in [0.2, 0.25) is 0 Å². The van der Waals surface area contributed by atoms with Crippen molar-refractivity contribution < 1.29 is 4.79 Å². The molecule has 0 aliphatic carbocycles. The van der Waals surface area contributed by atoms with E-state index in [1.54, 1.807) is 12.4 Å². The number of amides is 1. The normalized spacial score (nSPS) is 18.3. The smallest absolute Gasteiger partial charge is 0.257 e. The molecule has 0 atom stereocenters. The minimum Gasteiger partial charge on any atom is -0.356 e. The van der Waals surface area contributed by atoms with Gasteiger partial charge in [0.05, 0.1) is 5.56 Å². The number of hydrogen-bond donors (Lipinski definition) is 0. The van der Waals surface area contributed by atoms with Crippen molar-refractivity contribution in [2.24, 2.45) is 0 Å². The second-order valence-electron chi connectivity index (χ2n) is 7.00. The molecule has 2 aliphatic heterocycles. The molecule has 0 aromatic carbocycles. The van der Waals surface area contributed by atoms with Gasteiger partial charge in [-0.25, -0.2) is 4.98 Å². The summed E-state index contributed by atoms with van der Waals surface area (Å²) in [6.07, 6.45) is 7.85. The highest BCUT2D eigenvalue weighted by Gasteiger charge is 2.26. The van der Waals surface area contributed by atoms with Crippen molar-refractivity contribution in [1.29, 1.82) is 0 Å². The van der Waals surface area contributed by atoms with Gasteiger partial charge in [0, 0.05) is 64.4 Å². The maximum Gasteiger partial charge on any atom is 0.257 e. The van der Waals surface area contributed by atoms with Crippen LogP contribution in [0.3, 0.4) is 0 Å². The molecule has 136 valence electrons. The number of hydrogen-bond acceptors (Lipinski definition) is 5. The molecule has 6 heteroatoms. The Morgan fingerprint density at radius 2 is 1.73 bits per heavy atom. The molecule has 26 heavy (non-hydrogen) atoms. The standard InChI is InChI=1S/C20H25N5O/c26-20(18-6-4-8-22-19(18)24-9-1-2-10-24)25-13-11-23(12-14-25)16-17-5-3-7-21-15-17/h3-8,15H,1-2,9-14,16H2. The summed E-state index contributed by atoms with van der Waals surface area (Å²) in [4.78, 5) is 28.3. The number of piperazine rings is 1. The van der Waals surface area contributed by atoms with Crippen LogP contribution in [0.4, 0.5) is 5.82 Å². The van der Waals surface area contributed by atoms with E-state index in [9.17, 15) is 4.79 Å². The number of rotatable bonds is 4. The molecule has 2 aromatic rings. The van der Waals surface area contributed by atoms with E-state index < -0.39 is 0 Å². The van der Waals surface area contributed by atoms with Gasteiger partial charge in [0.15, 0.2) is 0 Å². The Balaban J connectivity index is 1.39. The van der Waals surface area contributed by atoms with Crippen molar-refractivity contribution in [2.45, 2.75) is 19.4 Å². The van der Waals surface area contributed by atoms with Gasteiger partial charge in [0.25, 0.3) is 5.91 Å². The first kappa shape index (κ1) is 17.0. The quantitative estimate of drug-likeness (QED) is 0.844. The lowest BCUT2D eigenvalue weighted by molar-refractivity contribution is 0.0628. The third-order valence-electron chi connectivity index (χ3n) is 5.21. The molecular weight excluding hydrogens is 326 g/mol. The van der Waals surface area contributed by atoms with Crippen LogP contribution in [0.5, 0.6) is 0 Å². The van der Waals surface area contributed by atoms with Crippen molar-refractivity contribution >= 4 is 11.7 Å². The summed E-state index contributed by atoms with van der Waals surface area (Å²) in [6.45, 7) is 6.18. The van der Waals surface area contributed by atoms with Crippen LogP contribution >= 0.6 is 0 Å². The van der Waals surface area contributed by atoms with Gasteiger partial charge in [0.1, 0.15) is 5.82 Å². The molecule has 0 unspecified atom stereocenters. The summed E-state index contributed by atoms with van der Waals surface area (Å²) in [5.74, 6) is 0.966. The number of carbonyl (C=O) groups is 1. The Morgan fingerprint density at radius 1 is 0.962 bits per heavy atom. The van der Waals surface area contributed by atoms with Crippen molar-refractivity contribution in [1.82, 2.24) is 19.8 Å². The van der Waals surface area contributed by atoms with E-state index in [1.807, 2.05) is 29.3 Å². The second-order valence-corrected chi connectivity index (χ2v) is 7.00. The number of carbonyl (C=O) groups excluding carboxylic acids is 1. The summed E-state index contributed by atoms with van der Waals surface area (Å²) < 4.78 is 0. The predicted octanol–water partition coefficient (Wildman–Crippen LogP) is 2.03. The fourth-order valence-electron chi connectivity index (χ4n) is 3.77. The molecule has 2 aliphatic rings. The molecule has 2 aromatic heterocycles. The lowest BCUT2D eigenvalue weighted by Crippen LogP contribution is -2.48. The lowest BCUT2D eigenvalue weighted by atomic mass is 10.2. The predicted molar refractivity (Wildman–Crippen MR) is 101 cm³/mol. The largest absolute Gasteiger partial charge is 0.356 e. The maximum atomic E-state index is 13.1. The van der Waals surface area contributed by atoms with E-state index in [-0.39, 0.29) is 5.91 Å². The minimum absolute atomic E-state index is 0.112. The minimum atomic E-state index is 0.112. The highest BCUT2D eigenvalue weighted by molar-refractivity contribution is 5.99. The first-order chi connectivity index (χ1) is 12.8. The average molecular weight is 351 g/mol. The molecule has 1 amide bonds. The first-order valence-corrected chi connectivity index (χ1v) is 9.42. The van der Waals surface area contributed by atoms with Crippen molar-refractivity contribution in [3.8, 4) is 0 Å². The zero-order valence-corrected chi connectivity index (χ0v) is 15.0. The SMILES string of the molecule is O=C(c1cccnc1N1CCCC1)N1CCN(Cc2cccnc2)CC1. The summed E-state index contributed by atoms with van der Waals surface area (Å²) in [5.41, 5.74) is 1.96. The molecule has 2 saturated heterocycles. The van der Waals surface area contributed by atoms with Gasteiger partial charge < -0.3 is 9.80 Å². The molecule has 0 saturated carbocycles. The third-order valence-corrected chi connectivity index (χ3v) is 5.21. The molecule has 6 nitrogen and oxygen atoms in total. The Labute approximate surface area is 154 Å². The van der Waals surface area contributed by atoms with Crippen LogP contribution in [-0.4, -0.2) is 64.9 Å². The summed E-state index contributed by atoms with van der Waals surface area (Å²) in [6, 6.07) is 7.86. The number of nitrogens with zero attached hydrogens (tertiary/aromatic N) is 5. The van der Waals surface area contributed by atoms with E-state index in [4.69, 9.17) is 0 Å². The van der Waals surface area contributed by atoms with Gasteiger partial charge in [-0.1, -0.05) is 6.07 Å². The third kappa shape index (κ3) is 3.70. The van der Waals surface area contributed by atoms with Crippen molar-refractivity contribution in [3.05, 3.63) is 54.0 Å². The molecule has 0 radical (unpaired) electrons. The Bertz CT molecular complexity index is 737. The van der Waals surface area contributed by atoms with Crippen LogP contribution in [0.15, 0.2) is 42.9 Å². The van der Waals surface area contributed by atoms with Crippen LogP contribution in [0, 0.1) is 0 Å². The Hall–Kier alpha value is -2.47. The molecule has 0 N–H and O–H groups in total. The first-order valence-electron chi connectivity index (χ1n) is 9.42. The summed E-state index contributed by atoms with van der Waals surface area (Å²) >= 11 is 0. The van der Waals surface area contributed by atoms with Crippen LogP contribution in [-0.2, 0) is 6.54 Å². The summed E-state index contributed by atoms with van der Waals surface area (Å²) in [5, 5.41) is 0. The van der Waals surface area contributed by atoms with E-state index >= 15 is 0 Å². The van der Waals surface area contributed by atoms with Crippen molar-refractivity contribution in [2.75, 3.05) is 44.2 Å². The lowest BCUT2D eigenvalue weighted by Gasteiger charge is -2.35. The average Bonchev–Trinajstić information content (AvgIpc) is 3.24. The van der Waals surface area contributed by atoms with Gasteiger partial charge >= 0.3 is 0 Å².